The minimum atomic E-state index is -0.964. The molecule has 5 nitrogen and oxygen atoms in total. The second-order valence-corrected chi connectivity index (χ2v) is 6.74. The number of para-hydroxylation sites is 2. The Bertz CT molecular complexity index is 963. The number of anilines is 1. The van der Waals surface area contributed by atoms with Gasteiger partial charge in [-0.3, -0.25) is 4.79 Å². The van der Waals surface area contributed by atoms with Gasteiger partial charge in [0.2, 0.25) is 5.89 Å². The number of rotatable bonds is 8. The third kappa shape index (κ3) is 4.11. The van der Waals surface area contributed by atoms with Crippen LogP contribution in [-0.4, -0.2) is 34.5 Å². The van der Waals surface area contributed by atoms with E-state index in [1.54, 1.807) is 4.90 Å². The maximum absolute atomic E-state index is 12.9. The first kappa shape index (κ1) is 18.9. The summed E-state index contributed by atoms with van der Waals surface area (Å²) in [6, 6.07) is 14.1. The van der Waals surface area contributed by atoms with E-state index in [-0.39, 0.29) is 11.3 Å². The number of thiocarbonyl (C=S) groups is 1. The number of hydrogen-bond donors (Lipinski definition) is 0. The van der Waals surface area contributed by atoms with Gasteiger partial charge in [-0.2, -0.15) is 0 Å². The highest BCUT2D eigenvalue weighted by molar-refractivity contribution is 7.82. The number of aldehydes is 1. The van der Waals surface area contributed by atoms with Gasteiger partial charge in [0.25, 0.3) is 0 Å². The molecule has 1 unspecified atom stereocenters. The highest BCUT2D eigenvalue weighted by atomic mass is 32.1. The fourth-order valence-corrected chi connectivity index (χ4v) is 3.25. The number of oxazole rings is 1. The molecule has 0 saturated heterocycles. The maximum atomic E-state index is 12.9. The Morgan fingerprint density at radius 2 is 2.04 bits per heavy atom. The number of aryl methyl sites for hydroxylation is 1. The van der Waals surface area contributed by atoms with Crippen LogP contribution in [0, 0.1) is 6.92 Å². The fraction of sp³-hybridized carbons (Fsp3) is 0.238. The molecule has 2 aromatic carbocycles. The molecule has 0 fully saturated rings. The molecular weight excluding hydrogens is 360 g/mol. The van der Waals surface area contributed by atoms with E-state index in [2.05, 4.69) is 4.98 Å². The van der Waals surface area contributed by atoms with Crippen molar-refractivity contribution in [1.29, 1.82) is 0 Å². The maximum Gasteiger partial charge on any atom is 0.200 e. The van der Waals surface area contributed by atoms with E-state index in [4.69, 9.17) is 16.6 Å². The Labute approximate surface area is 163 Å². The van der Waals surface area contributed by atoms with E-state index in [0.717, 1.165) is 11.3 Å². The molecule has 0 amide bonds. The first-order valence-electron chi connectivity index (χ1n) is 8.73. The van der Waals surface area contributed by atoms with Crippen LogP contribution in [0.2, 0.25) is 0 Å². The monoisotopic (exact) mass is 380 g/mol. The summed E-state index contributed by atoms with van der Waals surface area (Å²) >= 11 is 5.31. The van der Waals surface area contributed by atoms with Crippen molar-refractivity contribution in [3.05, 3.63) is 60.0 Å². The van der Waals surface area contributed by atoms with Gasteiger partial charge in [0.15, 0.2) is 11.4 Å². The number of aromatic nitrogens is 1. The van der Waals surface area contributed by atoms with Crippen molar-refractivity contribution < 1.29 is 14.0 Å². The van der Waals surface area contributed by atoms with Crippen LogP contribution >= 0.6 is 12.2 Å². The third-order valence-corrected chi connectivity index (χ3v) is 4.68. The van der Waals surface area contributed by atoms with Gasteiger partial charge in [0.05, 0.1) is 11.3 Å². The minimum Gasteiger partial charge on any atom is -0.440 e. The fourth-order valence-electron chi connectivity index (χ4n) is 3.01. The van der Waals surface area contributed by atoms with Crippen LogP contribution in [0.3, 0.4) is 0 Å². The molecular formula is C21H20N2O3S. The summed E-state index contributed by atoms with van der Waals surface area (Å²) in [6.07, 6.45) is 0.741. The zero-order chi connectivity index (χ0) is 19.4. The molecule has 27 heavy (non-hydrogen) atoms. The van der Waals surface area contributed by atoms with Crippen molar-refractivity contribution in [1.82, 2.24) is 4.98 Å². The summed E-state index contributed by atoms with van der Waals surface area (Å²) in [5.41, 5.74) is 3.22. The Morgan fingerprint density at radius 3 is 2.70 bits per heavy atom. The van der Waals surface area contributed by atoms with E-state index >= 15 is 0 Å². The van der Waals surface area contributed by atoms with Crippen molar-refractivity contribution in [3.63, 3.8) is 0 Å². The van der Waals surface area contributed by atoms with Crippen LogP contribution < -0.4 is 4.90 Å². The summed E-state index contributed by atoms with van der Waals surface area (Å²) in [7, 11) is 0. The molecule has 0 aliphatic carbocycles. The van der Waals surface area contributed by atoms with Crippen LogP contribution in [0.15, 0.2) is 52.9 Å². The number of carbonyl (C=O) groups excluding carboxylic acids is 2. The minimum absolute atomic E-state index is 0.0958. The molecule has 3 aromatic rings. The average Bonchev–Trinajstić information content (AvgIpc) is 3.07. The number of nitrogens with zero attached hydrogens (tertiary/aromatic N) is 2. The lowest BCUT2D eigenvalue weighted by molar-refractivity contribution is -0.119. The van der Waals surface area contributed by atoms with E-state index in [1.807, 2.05) is 62.4 Å². The van der Waals surface area contributed by atoms with Crippen LogP contribution in [0.1, 0.15) is 18.4 Å². The Hall–Kier alpha value is -2.86. The molecule has 1 aromatic heterocycles. The molecule has 0 aliphatic heterocycles. The normalized spacial score (nSPS) is 11.9. The van der Waals surface area contributed by atoms with Crippen molar-refractivity contribution in [2.75, 3.05) is 11.4 Å². The summed E-state index contributed by atoms with van der Waals surface area (Å²) in [6.45, 7) is 4.37. The van der Waals surface area contributed by atoms with E-state index in [9.17, 15) is 9.59 Å². The second kappa shape index (κ2) is 8.22. The molecule has 0 saturated carbocycles. The zero-order valence-corrected chi connectivity index (χ0v) is 16.0. The predicted octanol–water partition coefficient (Wildman–Crippen LogP) is 3.71. The lowest BCUT2D eigenvalue weighted by Gasteiger charge is -2.28. The van der Waals surface area contributed by atoms with Crippen molar-refractivity contribution in [3.8, 4) is 0 Å². The predicted molar refractivity (Wildman–Crippen MR) is 109 cm³/mol. The molecule has 0 spiro atoms. The number of likely N-dealkylation sites (N-methyl/N-ethyl adjacent to an activating group) is 1. The smallest absolute Gasteiger partial charge is 0.200 e. The van der Waals surface area contributed by atoms with Crippen LogP contribution in [0.25, 0.3) is 11.1 Å². The summed E-state index contributed by atoms with van der Waals surface area (Å²) in [5.74, 6) is -0.0246. The number of ketones is 1. The van der Waals surface area contributed by atoms with E-state index < -0.39 is 11.8 Å². The lowest BCUT2D eigenvalue weighted by atomic mass is 10.1. The van der Waals surface area contributed by atoms with Crippen molar-refractivity contribution in [2.45, 2.75) is 26.3 Å². The number of hydrogen-bond acceptors (Lipinski definition) is 6. The number of fused-ring (bicyclic) bond motifs is 1. The van der Waals surface area contributed by atoms with Gasteiger partial charge >= 0.3 is 0 Å². The molecule has 0 N–H and O–H groups in total. The Kier molecular flexibility index (Phi) is 5.76. The molecule has 1 heterocycles. The first-order valence-corrected chi connectivity index (χ1v) is 9.14. The highest BCUT2D eigenvalue weighted by Gasteiger charge is 2.28. The second-order valence-electron chi connectivity index (χ2n) is 6.25. The van der Waals surface area contributed by atoms with Crippen molar-refractivity contribution in [2.24, 2.45) is 0 Å². The Morgan fingerprint density at radius 1 is 1.26 bits per heavy atom. The van der Waals surface area contributed by atoms with Gasteiger partial charge in [-0.05, 0) is 43.7 Å². The highest BCUT2D eigenvalue weighted by Crippen LogP contribution is 2.20. The van der Waals surface area contributed by atoms with E-state index in [0.29, 0.717) is 29.8 Å². The van der Waals surface area contributed by atoms with E-state index in [1.165, 1.54) is 0 Å². The van der Waals surface area contributed by atoms with Gasteiger partial charge in [-0.1, -0.05) is 36.5 Å². The SMILES string of the molecule is CCN(c1cccc(C)c1)C(C=O)C(=O)C(=S)Cc1nc2ccccc2o1. The Balaban J connectivity index is 1.80. The lowest BCUT2D eigenvalue weighted by Crippen LogP contribution is -2.45. The van der Waals surface area contributed by atoms with Gasteiger partial charge in [-0.15, -0.1) is 0 Å². The van der Waals surface area contributed by atoms with Gasteiger partial charge in [0.1, 0.15) is 17.8 Å². The number of Topliss-reactive ketones (excluding diaryl/α,β-unsaturated/α-hetero) is 1. The molecule has 3 rings (SSSR count). The van der Waals surface area contributed by atoms with Crippen LogP contribution in [0.5, 0.6) is 0 Å². The number of benzene rings is 2. The van der Waals surface area contributed by atoms with Gasteiger partial charge in [0, 0.05) is 12.2 Å². The average molecular weight is 380 g/mol. The summed E-state index contributed by atoms with van der Waals surface area (Å²) in [4.78, 5) is 30.8. The molecule has 6 heteroatoms. The summed E-state index contributed by atoms with van der Waals surface area (Å²) < 4.78 is 5.64. The third-order valence-electron chi connectivity index (χ3n) is 4.33. The topological polar surface area (TPSA) is 63.4 Å². The molecule has 0 aliphatic rings. The largest absolute Gasteiger partial charge is 0.440 e. The first-order chi connectivity index (χ1) is 13.0. The summed E-state index contributed by atoms with van der Waals surface area (Å²) in [5, 5.41) is 0. The van der Waals surface area contributed by atoms with Crippen molar-refractivity contribution >= 4 is 45.9 Å². The quantitative estimate of drug-likeness (QED) is 0.337. The van der Waals surface area contributed by atoms with Crippen LogP contribution in [0.4, 0.5) is 5.69 Å². The molecule has 1 atom stereocenters. The molecule has 0 radical (unpaired) electrons. The van der Waals surface area contributed by atoms with Crippen LogP contribution in [-0.2, 0) is 16.0 Å². The standard InChI is InChI=1S/C21H20N2O3S/c1-3-23(15-8-6-7-14(2)11-15)17(13-24)21(25)19(27)12-20-22-16-9-4-5-10-18(16)26-20/h4-11,13,17H,3,12H2,1-2H3. The molecule has 138 valence electrons. The van der Waals surface area contributed by atoms with Gasteiger partial charge < -0.3 is 14.1 Å². The number of carbonyl (C=O) groups is 2. The molecule has 0 bridgehead atoms. The van der Waals surface area contributed by atoms with Gasteiger partial charge in [-0.25, -0.2) is 4.98 Å². The zero-order valence-electron chi connectivity index (χ0n) is 15.2.